The average Bonchev–Trinajstić information content (AvgIpc) is 3.20. The van der Waals surface area contributed by atoms with Crippen LogP contribution in [0.3, 0.4) is 0 Å². The van der Waals surface area contributed by atoms with E-state index in [0.717, 1.165) is 82.8 Å². The Morgan fingerprint density at radius 2 is 1.56 bits per heavy atom. The Labute approximate surface area is 232 Å². The highest BCUT2D eigenvalue weighted by Gasteiger charge is 2.56. The van der Waals surface area contributed by atoms with E-state index in [-0.39, 0.29) is 17.1 Å². The number of rotatable bonds is 6. The fraction of sp³-hybridized carbons (Fsp3) is 0.633. The molecule has 1 aromatic carbocycles. The summed E-state index contributed by atoms with van der Waals surface area (Å²) in [5, 5.41) is 11.2. The first kappa shape index (κ1) is 26.5. The SMILES string of the molecule is CN1CCN(c2ncc(N3C[C@]4(CC[C@](c5ccccc5)(N(C)C)CC4)N(CC4(O)CCC4)C3=O)cn2)CC1. The summed E-state index contributed by atoms with van der Waals surface area (Å²) in [6.07, 6.45) is 9.86. The molecule has 9 nitrogen and oxygen atoms in total. The molecular formula is C30H43N7O2. The van der Waals surface area contributed by atoms with Crippen LogP contribution < -0.4 is 9.80 Å². The normalized spacial score (nSPS) is 29.4. The van der Waals surface area contributed by atoms with Crippen molar-refractivity contribution in [2.75, 3.05) is 70.2 Å². The topological polar surface area (TPSA) is 79.3 Å². The number of hydrogen-bond donors (Lipinski definition) is 1. The first-order valence-corrected chi connectivity index (χ1v) is 14.5. The van der Waals surface area contributed by atoms with E-state index >= 15 is 0 Å². The van der Waals surface area contributed by atoms with E-state index in [2.05, 4.69) is 76.1 Å². The van der Waals surface area contributed by atoms with Gasteiger partial charge in [-0.1, -0.05) is 30.3 Å². The smallest absolute Gasteiger partial charge is 0.325 e. The largest absolute Gasteiger partial charge is 0.388 e. The van der Waals surface area contributed by atoms with Gasteiger partial charge in [0.1, 0.15) is 0 Å². The van der Waals surface area contributed by atoms with Crippen LogP contribution >= 0.6 is 0 Å². The molecule has 1 aromatic heterocycles. The number of β-amino-alcohol motifs (C(OH)–C–C–N with tert-alkyl or cyclic N) is 1. The second kappa shape index (κ2) is 10.0. The van der Waals surface area contributed by atoms with Crippen LogP contribution in [0.1, 0.15) is 50.5 Å². The second-order valence-corrected chi connectivity index (χ2v) is 12.6. The van der Waals surface area contributed by atoms with Gasteiger partial charge in [0, 0.05) is 31.7 Å². The highest BCUT2D eigenvalue weighted by Crippen LogP contribution is 2.50. The van der Waals surface area contributed by atoms with Gasteiger partial charge in [0.2, 0.25) is 5.95 Å². The van der Waals surface area contributed by atoms with E-state index in [0.29, 0.717) is 13.1 Å². The van der Waals surface area contributed by atoms with Crippen molar-refractivity contribution < 1.29 is 9.90 Å². The van der Waals surface area contributed by atoms with E-state index < -0.39 is 5.60 Å². The average molecular weight is 534 g/mol. The van der Waals surface area contributed by atoms with Crippen LogP contribution in [-0.2, 0) is 5.54 Å². The minimum Gasteiger partial charge on any atom is -0.388 e. The number of carbonyl (C=O) groups is 1. The van der Waals surface area contributed by atoms with Crippen LogP contribution in [-0.4, -0.2) is 107 Å². The molecule has 4 aliphatic rings. The third-order valence-corrected chi connectivity index (χ3v) is 10.1. The fourth-order valence-corrected chi connectivity index (χ4v) is 7.19. The summed E-state index contributed by atoms with van der Waals surface area (Å²) in [6.45, 7) is 4.81. The number of piperazine rings is 1. The van der Waals surface area contributed by atoms with Crippen LogP contribution in [0, 0.1) is 0 Å². The van der Waals surface area contributed by atoms with Gasteiger partial charge in [-0.05, 0) is 71.7 Å². The number of likely N-dealkylation sites (N-methyl/N-ethyl adjacent to an activating group) is 1. The lowest BCUT2D eigenvalue weighted by Gasteiger charge is -2.52. The minimum atomic E-state index is -0.768. The number of aliphatic hydroxyl groups is 1. The fourth-order valence-electron chi connectivity index (χ4n) is 7.19. The third-order valence-electron chi connectivity index (χ3n) is 10.1. The second-order valence-electron chi connectivity index (χ2n) is 12.6. The number of carbonyl (C=O) groups excluding carboxylic acids is 1. The van der Waals surface area contributed by atoms with Crippen molar-refractivity contribution in [2.24, 2.45) is 0 Å². The van der Waals surface area contributed by atoms with Gasteiger partial charge in [0.05, 0.1) is 42.3 Å². The zero-order valence-electron chi connectivity index (χ0n) is 23.7. The van der Waals surface area contributed by atoms with Crippen molar-refractivity contribution in [1.82, 2.24) is 24.7 Å². The molecule has 1 N–H and O–H groups in total. The van der Waals surface area contributed by atoms with Crippen molar-refractivity contribution in [1.29, 1.82) is 0 Å². The number of urea groups is 1. The van der Waals surface area contributed by atoms with Gasteiger partial charge < -0.3 is 19.8 Å². The van der Waals surface area contributed by atoms with Gasteiger partial charge in [0.15, 0.2) is 0 Å². The predicted molar refractivity (Wildman–Crippen MR) is 153 cm³/mol. The summed E-state index contributed by atoms with van der Waals surface area (Å²) in [5.41, 5.74) is 0.939. The lowest BCUT2D eigenvalue weighted by atomic mass is 9.67. The molecule has 0 bridgehead atoms. The summed E-state index contributed by atoms with van der Waals surface area (Å²) in [4.78, 5) is 34.2. The van der Waals surface area contributed by atoms with E-state index in [1.807, 2.05) is 22.2 Å². The summed E-state index contributed by atoms with van der Waals surface area (Å²) in [6, 6.07) is 10.8. The van der Waals surface area contributed by atoms with Crippen molar-refractivity contribution in [3.63, 3.8) is 0 Å². The quantitative estimate of drug-likeness (QED) is 0.611. The Balaban J connectivity index is 1.26. The Bertz CT molecular complexity index is 1150. The molecule has 0 atom stereocenters. The minimum absolute atomic E-state index is 0.0247. The van der Waals surface area contributed by atoms with E-state index in [4.69, 9.17) is 0 Å². The van der Waals surface area contributed by atoms with Crippen molar-refractivity contribution in [3.8, 4) is 0 Å². The zero-order valence-corrected chi connectivity index (χ0v) is 23.7. The highest BCUT2D eigenvalue weighted by atomic mass is 16.3. The maximum Gasteiger partial charge on any atom is 0.325 e. The van der Waals surface area contributed by atoms with E-state index in [1.54, 1.807) is 0 Å². The lowest BCUT2D eigenvalue weighted by molar-refractivity contribution is -0.0725. The van der Waals surface area contributed by atoms with Crippen LogP contribution in [0.2, 0.25) is 0 Å². The Kier molecular flexibility index (Phi) is 6.80. The number of hydrogen-bond acceptors (Lipinski definition) is 7. The standard InChI is InChI=1S/C30H43N7O2/c1-33(2)30(24-8-5-4-6-9-24)14-12-28(13-15-30)22-36(27(38)37(28)23-29(39)10-7-11-29)25-20-31-26(32-21-25)35-18-16-34(3)17-19-35/h4-6,8-9,20-21,39H,7,10-19,22-23H2,1-3H3/t28-,30+. The Hall–Kier alpha value is -2.75. The molecule has 0 unspecified atom stereocenters. The molecule has 2 aliphatic heterocycles. The molecule has 2 saturated heterocycles. The first-order valence-electron chi connectivity index (χ1n) is 14.5. The Morgan fingerprint density at radius 1 is 0.923 bits per heavy atom. The number of aromatic nitrogens is 2. The molecule has 39 heavy (non-hydrogen) atoms. The van der Waals surface area contributed by atoms with E-state index in [9.17, 15) is 9.90 Å². The predicted octanol–water partition coefficient (Wildman–Crippen LogP) is 3.16. The molecule has 2 amide bonds. The van der Waals surface area contributed by atoms with Gasteiger partial charge in [-0.15, -0.1) is 0 Å². The van der Waals surface area contributed by atoms with Gasteiger partial charge >= 0.3 is 6.03 Å². The number of amides is 2. The molecule has 3 heterocycles. The van der Waals surface area contributed by atoms with Crippen LogP contribution in [0.25, 0.3) is 0 Å². The van der Waals surface area contributed by atoms with Crippen LogP contribution in [0.15, 0.2) is 42.7 Å². The molecule has 4 fully saturated rings. The summed E-state index contributed by atoms with van der Waals surface area (Å²) < 4.78 is 0. The van der Waals surface area contributed by atoms with E-state index in [1.165, 1.54) is 5.56 Å². The maximum atomic E-state index is 14.0. The van der Waals surface area contributed by atoms with Crippen molar-refractivity contribution in [3.05, 3.63) is 48.3 Å². The molecule has 210 valence electrons. The lowest BCUT2D eigenvalue weighted by Crippen LogP contribution is -2.59. The summed E-state index contributed by atoms with van der Waals surface area (Å²) in [7, 11) is 6.48. The molecule has 2 saturated carbocycles. The maximum absolute atomic E-state index is 14.0. The van der Waals surface area contributed by atoms with Crippen LogP contribution in [0.5, 0.6) is 0 Å². The number of anilines is 2. The molecular weight excluding hydrogens is 490 g/mol. The first-order chi connectivity index (χ1) is 18.7. The number of benzene rings is 1. The van der Waals surface area contributed by atoms with Gasteiger partial charge in [-0.3, -0.25) is 9.80 Å². The Morgan fingerprint density at radius 3 is 2.13 bits per heavy atom. The zero-order chi connectivity index (χ0) is 27.3. The summed E-state index contributed by atoms with van der Waals surface area (Å²) >= 11 is 0. The monoisotopic (exact) mass is 533 g/mol. The molecule has 9 heteroatoms. The molecule has 2 aliphatic carbocycles. The molecule has 2 aromatic rings. The highest BCUT2D eigenvalue weighted by molar-refractivity contribution is 5.95. The number of nitrogens with zero attached hydrogens (tertiary/aromatic N) is 7. The third kappa shape index (κ3) is 4.68. The van der Waals surface area contributed by atoms with Gasteiger partial charge in [-0.2, -0.15) is 0 Å². The molecule has 1 spiro atoms. The van der Waals surface area contributed by atoms with Gasteiger partial charge in [-0.25, -0.2) is 14.8 Å². The molecule has 0 radical (unpaired) electrons. The summed E-state index contributed by atoms with van der Waals surface area (Å²) in [5.74, 6) is 0.727. The van der Waals surface area contributed by atoms with Crippen LogP contribution in [0.4, 0.5) is 16.4 Å². The van der Waals surface area contributed by atoms with Crippen molar-refractivity contribution in [2.45, 2.75) is 61.6 Å². The van der Waals surface area contributed by atoms with Crippen molar-refractivity contribution >= 4 is 17.7 Å². The van der Waals surface area contributed by atoms with Gasteiger partial charge in [0.25, 0.3) is 0 Å². The molecule has 6 rings (SSSR count).